The first-order chi connectivity index (χ1) is 25.0. The number of hydrogen-bond donors (Lipinski definition) is 0. The Hall–Kier alpha value is -6.45. The highest BCUT2D eigenvalue weighted by Crippen LogP contribution is 2.53. The van der Waals surface area contributed by atoms with Gasteiger partial charge in [0.15, 0.2) is 5.82 Å². The molecule has 0 saturated carbocycles. The summed E-state index contributed by atoms with van der Waals surface area (Å²) in [6.07, 6.45) is 1.97. The predicted octanol–water partition coefficient (Wildman–Crippen LogP) is 12.3. The minimum Gasteiger partial charge on any atom is -0.256 e. The lowest BCUT2D eigenvalue weighted by Crippen LogP contribution is -2.14. The molecule has 0 aliphatic heterocycles. The van der Waals surface area contributed by atoms with Crippen molar-refractivity contribution in [2.45, 2.75) is 19.3 Å². The Bertz CT molecular complexity index is 2830. The summed E-state index contributed by atoms with van der Waals surface area (Å²) < 4.78 is 0. The molecule has 0 N–H and O–H groups in total. The maximum absolute atomic E-state index is 5.27. The summed E-state index contributed by atoms with van der Waals surface area (Å²) in [5, 5.41) is 6.00. The van der Waals surface area contributed by atoms with E-state index in [-0.39, 0.29) is 5.41 Å². The van der Waals surface area contributed by atoms with Gasteiger partial charge in [-0.3, -0.25) is 4.98 Å². The van der Waals surface area contributed by atoms with Gasteiger partial charge < -0.3 is 0 Å². The van der Waals surface area contributed by atoms with Gasteiger partial charge in [0.05, 0.1) is 16.9 Å². The van der Waals surface area contributed by atoms with Gasteiger partial charge in [-0.15, -0.1) is 0 Å². The molecule has 3 heteroatoms. The minimum atomic E-state index is -0.136. The second-order valence-electron chi connectivity index (χ2n) is 14.1. The van der Waals surface area contributed by atoms with E-state index in [4.69, 9.17) is 15.0 Å². The monoisotopic (exact) mass is 651 g/mol. The molecule has 1 aliphatic rings. The lowest BCUT2D eigenvalue weighted by molar-refractivity contribution is 0.661. The van der Waals surface area contributed by atoms with Crippen molar-refractivity contribution in [3.05, 3.63) is 175 Å². The molecule has 0 fully saturated rings. The van der Waals surface area contributed by atoms with E-state index in [1.165, 1.54) is 38.4 Å². The molecule has 0 unspecified atom stereocenters. The first-order valence-electron chi connectivity index (χ1n) is 17.5. The number of rotatable bonds is 4. The van der Waals surface area contributed by atoms with Crippen LogP contribution in [0.4, 0.5) is 0 Å². The molecule has 2 heterocycles. The number of benzene rings is 7. The number of aromatic nitrogens is 3. The summed E-state index contributed by atoms with van der Waals surface area (Å²) >= 11 is 0. The Kier molecular flexibility index (Phi) is 6.53. The van der Waals surface area contributed by atoms with Gasteiger partial charge in [-0.05, 0) is 91.8 Å². The molecule has 1 aliphatic carbocycles. The third-order valence-electron chi connectivity index (χ3n) is 10.7. The van der Waals surface area contributed by atoms with Crippen LogP contribution in [0, 0.1) is 0 Å². The Labute approximate surface area is 297 Å². The topological polar surface area (TPSA) is 38.7 Å². The van der Waals surface area contributed by atoms with Crippen LogP contribution in [0.5, 0.6) is 0 Å². The fraction of sp³-hybridized carbons (Fsp3) is 0.0625. The molecule has 0 saturated heterocycles. The molecule has 10 rings (SSSR count). The summed E-state index contributed by atoms with van der Waals surface area (Å²) in [5.74, 6) is 0.718. The minimum absolute atomic E-state index is 0.136. The van der Waals surface area contributed by atoms with Gasteiger partial charge in [-0.1, -0.05) is 129 Å². The van der Waals surface area contributed by atoms with E-state index < -0.39 is 0 Å². The third-order valence-corrected chi connectivity index (χ3v) is 10.7. The summed E-state index contributed by atoms with van der Waals surface area (Å²) in [6.45, 7) is 4.68. The SMILES string of the molecule is CC1(C)c2cc3ccccc3cc2-c2c(-c3cc(-c4ccc5cc(-c6cnc7ccccc7c6)ccc5c4)nc(-c4ccccc4)n3)cccc21. The van der Waals surface area contributed by atoms with E-state index in [0.29, 0.717) is 0 Å². The van der Waals surface area contributed by atoms with Crippen LogP contribution in [0.25, 0.3) is 88.6 Å². The average Bonchev–Trinajstić information content (AvgIpc) is 3.41. The molecule has 3 nitrogen and oxygen atoms in total. The molecule has 0 amide bonds. The van der Waals surface area contributed by atoms with Gasteiger partial charge in [0.2, 0.25) is 0 Å². The summed E-state index contributed by atoms with van der Waals surface area (Å²) in [5.41, 5.74) is 13.4. The van der Waals surface area contributed by atoms with Crippen LogP contribution in [0.3, 0.4) is 0 Å². The van der Waals surface area contributed by atoms with Crippen molar-refractivity contribution >= 4 is 32.4 Å². The first kappa shape index (κ1) is 29.5. The maximum atomic E-state index is 5.27. The van der Waals surface area contributed by atoms with E-state index >= 15 is 0 Å². The highest BCUT2D eigenvalue weighted by Gasteiger charge is 2.37. The Morgan fingerprint density at radius 2 is 1.06 bits per heavy atom. The van der Waals surface area contributed by atoms with Crippen molar-refractivity contribution in [3.8, 4) is 56.2 Å². The van der Waals surface area contributed by atoms with E-state index in [0.717, 1.165) is 61.3 Å². The predicted molar refractivity (Wildman–Crippen MR) is 212 cm³/mol. The lowest BCUT2D eigenvalue weighted by atomic mass is 9.81. The standard InChI is InChI=1S/C48H33N3/c1-48(2)41-17-10-16-39(46(41)40-26-31-13-6-7-14-32(31)27-42(40)48)45-28-44(50-47(51-45)30-11-4-3-5-12-30)37-22-21-33-23-35(20-19-34(33)24-37)38-25-36-15-8-9-18-43(36)49-29-38/h3-29H,1-2H3. The van der Waals surface area contributed by atoms with Crippen LogP contribution < -0.4 is 0 Å². The van der Waals surface area contributed by atoms with Gasteiger partial charge in [0.1, 0.15) is 0 Å². The maximum Gasteiger partial charge on any atom is 0.160 e. The Morgan fingerprint density at radius 3 is 1.88 bits per heavy atom. The zero-order chi connectivity index (χ0) is 34.1. The highest BCUT2D eigenvalue weighted by molar-refractivity contribution is 5.99. The molecule has 0 spiro atoms. The van der Waals surface area contributed by atoms with Gasteiger partial charge in [-0.2, -0.15) is 0 Å². The number of pyridine rings is 1. The van der Waals surface area contributed by atoms with Crippen molar-refractivity contribution in [2.75, 3.05) is 0 Å². The summed E-state index contributed by atoms with van der Waals surface area (Å²) in [4.78, 5) is 15.2. The van der Waals surface area contributed by atoms with Crippen LogP contribution >= 0.6 is 0 Å². The Balaban J connectivity index is 1.12. The number of nitrogens with zero attached hydrogens (tertiary/aromatic N) is 3. The van der Waals surface area contributed by atoms with Crippen molar-refractivity contribution in [1.29, 1.82) is 0 Å². The molecule has 240 valence electrons. The first-order valence-corrected chi connectivity index (χ1v) is 17.5. The lowest BCUT2D eigenvalue weighted by Gasteiger charge is -2.22. The van der Waals surface area contributed by atoms with Crippen LogP contribution in [0.1, 0.15) is 25.0 Å². The van der Waals surface area contributed by atoms with Crippen LogP contribution in [0.2, 0.25) is 0 Å². The van der Waals surface area contributed by atoms with Crippen molar-refractivity contribution in [3.63, 3.8) is 0 Å². The number of para-hydroxylation sites is 1. The highest BCUT2D eigenvalue weighted by atomic mass is 14.9. The molecule has 7 aromatic carbocycles. The van der Waals surface area contributed by atoms with Gasteiger partial charge in [0, 0.05) is 39.3 Å². The van der Waals surface area contributed by atoms with E-state index in [9.17, 15) is 0 Å². The third kappa shape index (κ3) is 4.85. The van der Waals surface area contributed by atoms with Crippen molar-refractivity contribution < 1.29 is 0 Å². The van der Waals surface area contributed by atoms with Crippen LogP contribution in [0.15, 0.2) is 164 Å². The molecule has 9 aromatic rings. The van der Waals surface area contributed by atoms with Gasteiger partial charge in [-0.25, -0.2) is 9.97 Å². The smallest absolute Gasteiger partial charge is 0.160 e. The van der Waals surface area contributed by atoms with Crippen LogP contribution in [-0.2, 0) is 5.41 Å². The molecule has 51 heavy (non-hydrogen) atoms. The fourth-order valence-electron chi connectivity index (χ4n) is 7.95. The summed E-state index contributed by atoms with van der Waals surface area (Å²) in [6, 6.07) is 56.4. The quantitative estimate of drug-likeness (QED) is 0.190. The molecular weight excluding hydrogens is 619 g/mol. The van der Waals surface area contributed by atoms with Gasteiger partial charge >= 0.3 is 0 Å². The van der Waals surface area contributed by atoms with Crippen LogP contribution in [-0.4, -0.2) is 15.0 Å². The number of hydrogen-bond acceptors (Lipinski definition) is 3. The second kappa shape index (κ2) is 11.3. The van der Waals surface area contributed by atoms with Gasteiger partial charge in [0.25, 0.3) is 0 Å². The number of fused-ring (bicyclic) bond motifs is 6. The molecule has 0 radical (unpaired) electrons. The molecule has 2 aromatic heterocycles. The molecule has 0 bridgehead atoms. The zero-order valence-electron chi connectivity index (χ0n) is 28.4. The zero-order valence-corrected chi connectivity index (χ0v) is 28.4. The average molecular weight is 652 g/mol. The largest absolute Gasteiger partial charge is 0.256 e. The van der Waals surface area contributed by atoms with E-state index in [1.54, 1.807) is 0 Å². The Morgan fingerprint density at radius 1 is 0.412 bits per heavy atom. The van der Waals surface area contributed by atoms with Crippen molar-refractivity contribution in [2.24, 2.45) is 0 Å². The summed E-state index contributed by atoms with van der Waals surface area (Å²) in [7, 11) is 0. The molecular formula is C48H33N3. The van der Waals surface area contributed by atoms with Crippen molar-refractivity contribution in [1.82, 2.24) is 15.0 Å². The fourth-order valence-corrected chi connectivity index (χ4v) is 7.95. The normalized spacial score (nSPS) is 13.1. The van der Waals surface area contributed by atoms with E-state index in [2.05, 4.69) is 147 Å². The van der Waals surface area contributed by atoms with E-state index in [1.807, 2.05) is 30.5 Å². The molecule has 0 atom stereocenters. The second-order valence-corrected chi connectivity index (χ2v) is 14.1.